The molecule has 2 rings (SSSR count). The summed E-state index contributed by atoms with van der Waals surface area (Å²) in [5, 5.41) is 2.62. The molecular weight excluding hydrogens is 260 g/mol. The highest BCUT2D eigenvalue weighted by molar-refractivity contribution is 6.09. The molecule has 0 aliphatic carbocycles. The van der Waals surface area contributed by atoms with E-state index in [4.69, 9.17) is 10.5 Å². The molecule has 1 amide bonds. The van der Waals surface area contributed by atoms with E-state index in [1.807, 2.05) is 0 Å². The molecule has 1 heterocycles. The van der Waals surface area contributed by atoms with Crippen molar-refractivity contribution in [3.8, 4) is 0 Å². The van der Waals surface area contributed by atoms with Gasteiger partial charge in [-0.3, -0.25) is 4.79 Å². The molecular formula is C13H14N4O3. The highest BCUT2D eigenvalue weighted by Gasteiger charge is 2.21. The maximum absolute atomic E-state index is 12.1. The number of nitrogens with one attached hydrogen (secondary N) is 2. The summed E-state index contributed by atoms with van der Waals surface area (Å²) in [7, 11) is 0. The van der Waals surface area contributed by atoms with E-state index in [1.54, 1.807) is 31.2 Å². The Hall–Kier alpha value is -2.83. The SMILES string of the molecule is CCOC(=O)c1[nH]cnc1C(=O)Nc1ccc(N)cc1. The van der Waals surface area contributed by atoms with Gasteiger partial charge in [0.15, 0.2) is 11.4 Å². The van der Waals surface area contributed by atoms with Crippen LogP contribution < -0.4 is 11.1 Å². The van der Waals surface area contributed by atoms with Crippen molar-refractivity contribution >= 4 is 23.3 Å². The number of aromatic nitrogens is 2. The molecule has 1 aromatic carbocycles. The molecule has 0 atom stereocenters. The quantitative estimate of drug-likeness (QED) is 0.577. The first kappa shape index (κ1) is 13.6. The Labute approximate surface area is 115 Å². The van der Waals surface area contributed by atoms with Gasteiger partial charge < -0.3 is 20.8 Å². The number of hydrogen-bond acceptors (Lipinski definition) is 5. The van der Waals surface area contributed by atoms with Crippen LogP contribution in [0.5, 0.6) is 0 Å². The van der Waals surface area contributed by atoms with Crippen molar-refractivity contribution in [2.24, 2.45) is 0 Å². The molecule has 4 N–H and O–H groups in total. The summed E-state index contributed by atoms with van der Waals surface area (Å²) in [4.78, 5) is 30.1. The lowest BCUT2D eigenvalue weighted by atomic mass is 10.2. The average molecular weight is 274 g/mol. The Bertz CT molecular complexity index is 619. The molecule has 7 nitrogen and oxygen atoms in total. The predicted octanol–water partition coefficient (Wildman–Crippen LogP) is 1.42. The van der Waals surface area contributed by atoms with Gasteiger partial charge in [0, 0.05) is 11.4 Å². The topological polar surface area (TPSA) is 110 Å². The second-order valence-corrected chi connectivity index (χ2v) is 3.92. The minimum Gasteiger partial charge on any atom is -0.461 e. The third-order valence-electron chi connectivity index (χ3n) is 2.50. The normalized spacial score (nSPS) is 10.1. The molecule has 2 aromatic rings. The summed E-state index contributed by atoms with van der Waals surface area (Å²) in [6.07, 6.45) is 1.27. The average Bonchev–Trinajstić information content (AvgIpc) is 2.91. The zero-order valence-electron chi connectivity index (χ0n) is 10.8. The van der Waals surface area contributed by atoms with Gasteiger partial charge in [-0.1, -0.05) is 0 Å². The van der Waals surface area contributed by atoms with Crippen LogP contribution in [0.4, 0.5) is 11.4 Å². The van der Waals surface area contributed by atoms with Crippen molar-refractivity contribution in [1.82, 2.24) is 9.97 Å². The number of nitrogens with two attached hydrogens (primary N) is 1. The van der Waals surface area contributed by atoms with Gasteiger partial charge in [-0.05, 0) is 31.2 Å². The van der Waals surface area contributed by atoms with Crippen LogP contribution in [0, 0.1) is 0 Å². The van der Waals surface area contributed by atoms with E-state index in [9.17, 15) is 9.59 Å². The summed E-state index contributed by atoms with van der Waals surface area (Å²) < 4.78 is 4.84. The van der Waals surface area contributed by atoms with E-state index in [0.717, 1.165) is 0 Å². The lowest BCUT2D eigenvalue weighted by Crippen LogP contribution is -2.17. The smallest absolute Gasteiger partial charge is 0.357 e. The monoisotopic (exact) mass is 274 g/mol. The second-order valence-electron chi connectivity index (χ2n) is 3.92. The summed E-state index contributed by atoms with van der Waals surface area (Å²) in [5.74, 6) is -1.12. The lowest BCUT2D eigenvalue weighted by Gasteiger charge is -2.05. The summed E-state index contributed by atoms with van der Waals surface area (Å²) in [6, 6.07) is 6.63. The zero-order valence-corrected chi connectivity index (χ0v) is 10.8. The number of carbonyl (C=O) groups is 2. The van der Waals surface area contributed by atoms with Crippen LogP contribution in [0.15, 0.2) is 30.6 Å². The summed E-state index contributed by atoms with van der Waals surface area (Å²) in [6.45, 7) is 1.90. The van der Waals surface area contributed by atoms with Gasteiger partial charge in [-0.15, -0.1) is 0 Å². The third kappa shape index (κ3) is 2.94. The number of benzene rings is 1. The van der Waals surface area contributed by atoms with Crippen molar-refractivity contribution in [3.63, 3.8) is 0 Å². The summed E-state index contributed by atoms with van der Waals surface area (Å²) in [5.41, 5.74) is 6.72. The Morgan fingerprint density at radius 2 is 2.05 bits per heavy atom. The van der Waals surface area contributed by atoms with Crippen LogP contribution in [0.25, 0.3) is 0 Å². The largest absolute Gasteiger partial charge is 0.461 e. The van der Waals surface area contributed by atoms with E-state index in [2.05, 4.69) is 15.3 Å². The Kier molecular flexibility index (Phi) is 3.99. The van der Waals surface area contributed by atoms with Gasteiger partial charge in [0.2, 0.25) is 0 Å². The number of carbonyl (C=O) groups excluding carboxylic acids is 2. The highest BCUT2D eigenvalue weighted by Crippen LogP contribution is 2.13. The van der Waals surface area contributed by atoms with Crippen molar-refractivity contribution < 1.29 is 14.3 Å². The Balaban J connectivity index is 2.15. The second kappa shape index (κ2) is 5.87. The van der Waals surface area contributed by atoms with Crippen LogP contribution in [-0.4, -0.2) is 28.5 Å². The number of ether oxygens (including phenoxy) is 1. The molecule has 0 saturated carbocycles. The van der Waals surface area contributed by atoms with Crippen LogP contribution >= 0.6 is 0 Å². The molecule has 0 fully saturated rings. The predicted molar refractivity (Wildman–Crippen MR) is 73.4 cm³/mol. The van der Waals surface area contributed by atoms with Gasteiger partial charge in [0.25, 0.3) is 5.91 Å². The molecule has 0 saturated heterocycles. The first-order valence-electron chi connectivity index (χ1n) is 5.99. The number of nitrogen functional groups attached to an aromatic ring is 1. The Morgan fingerprint density at radius 1 is 1.35 bits per heavy atom. The van der Waals surface area contributed by atoms with Gasteiger partial charge in [-0.2, -0.15) is 0 Å². The van der Waals surface area contributed by atoms with E-state index < -0.39 is 11.9 Å². The number of anilines is 2. The molecule has 1 aromatic heterocycles. The minimum atomic E-state index is -0.618. The first-order valence-corrected chi connectivity index (χ1v) is 5.99. The van der Waals surface area contributed by atoms with E-state index in [1.165, 1.54) is 6.33 Å². The van der Waals surface area contributed by atoms with Gasteiger partial charge >= 0.3 is 5.97 Å². The number of amides is 1. The van der Waals surface area contributed by atoms with E-state index in [-0.39, 0.29) is 18.0 Å². The van der Waals surface area contributed by atoms with Crippen LogP contribution in [0.2, 0.25) is 0 Å². The fraction of sp³-hybridized carbons (Fsp3) is 0.154. The molecule has 0 radical (unpaired) electrons. The van der Waals surface area contributed by atoms with E-state index in [0.29, 0.717) is 11.4 Å². The van der Waals surface area contributed by atoms with Crippen molar-refractivity contribution in [1.29, 1.82) is 0 Å². The number of esters is 1. The molecule has 20 heavy (non-hydrogen) atoms. The van der Waals surface area contributed by atoms with Crippen molar-refractivity contribution in [2.75, 3.05) is 17.7 Å². The number of hydrogen-bond donors (Lipinski definition) is 3. The van der Waals surface area contributed by atoms with Crippen LogP contribution in [-0.2, 0) is 4.74 Å². The molecule has 0 bridgehead atoms. The van der Waals surface area contributed by atoms with Crippen molar-refractivity contribution in [3.05, 3.63) is 42.0 Å². The third-order valence-corrected chi connectivity index (χ3v) is 2.50. The number of H-pyrrole nitrogens is 1. The minimum absolute atomic E-state index is 0.0136. The fourth-order valence-electron chi connectivity index (χ4n) is 1.58. The van der Waals surface area contributed by atoms with Gasteiger partial charge in [-0.25, -0.2) is 9.78 Å². The fourth-order valence-corrected chi connectivity index (χ4v) is 1.58. The molecule has 7 heteroatoms. The number of imidazole rings is 1. The number of nitrogens with zero attached hydrogens (tertiary/aromatic N) is 1. The first-order chi connectivity index (χ1) is 9.61. The number of rotatable bonds is 4. The van der Waals surface area contributed by atoms with Crippen molar-refractivity contribution in [2.45, 2.75) is 6.92 Å². The van der Waals surface area contributed by atoms with Gasteiger partial charge in [0.05, 0.1) is 12.9 Å². The molecule has 0 spiro atoms. The molecule has 0 aliphatic heterocycles. The maximum Gasteiger partial charge on any atom is 0.357 e. The molecule has 0 aliphatic rings. The molecule has 0 unspecified atom stereocenters. The standard InChI is InChI=1S/C13H14N4O3/c1-2-20-13(19)11-10(15-7-16-11)12(18)17-9-5-3-8(14)4-6-9/h3-7H,2,14H2,1H3,(H,15,16)(H,17,18). The number of aromatic amines is 1. The Morgan fingerprint density at radius 3 is 2.70 bits per heavy atom. The van der Waals surface area contributed by atoms with E-state index >= 15 is 0 Å². The molecule has 104 valence electrons. The zero-order chi connectivity index (χ0) is 14.5. The van der Waals surface area contributed by atoms with Crippen LogP contribution in [0.1, 0.15) is 27.9 Å². The lowest BCUT2D eigenvalue weighted by molar-refractivity contribution is 0.0517. The highest BCUT2D eigenvalue weighted by atomic mass is 16.5. The maximum atomic E-state index is 12.1. The van der Waals surface area contributed by atoms with Crippen LogP contribution in [0.3, 0.4) is 0 Å². The van der Waals surface area contributed by atoms with Gasteiger partial charge in [0.1, 0.15) is 0 Å². The summed E-state index contributed by atoms with van der Waals surface area (Å²) >= 11 is 0.